The second kappa shape index (κ2) is 4.81. The highest BCUT2D eigenvalue weighted by Gasteiger charge is 2.38. The van der Waals surface area contributed by atoms with Crippen LogP contribution in [-0.4, -0.2) is 18.3 Å². The predicted molar refractivity (Wildman–Crippen MR) is 76.7 cm³/mol. The molecule has 21 heavy (non-hydrogen) atoms. The van der Waals surface area contributed by atoms with E-state index >= 15 is 0 Å². The summed E-state index contributed by atoms with van der Waals surface area (Å²) in [6.07, 6.45) is 5.02. The van der Waals surface area contributed by atoms with E-state index in [1.807, 2.05) is 24.3 Å². The fourth-order valence-electron chi connectivity index (χ4n) is 3.26. The summed E-state index contributed by atoms with van der Waals surface area (Å²) < 4.78 is 16.9. The molecule has 0 fully saturated rings. The second-order valence-corrected chi connectivity index (χ2v) is 5.68. The highest BCUT2D eigenvalue weighted by Crippen LogP contribution is 2.43. The zero-order valence-electron chi connectivity index (χ0n) is 11.8. The number of hydrogen-bond acceptors (Lipinski definition) is 4. The van der Waals surface area contributed by atoms with E-state index in [1.165, 1.54) is 0 Å². The minimum Gasteiger partial charge on any atom is -0.490 e. The van der Waals surface area contributed by atoms with E-state index < -0.39 is 5.60 Å². The summed E-state index contributed by atoms with van der Waals surface area (Å²) in [7, 11) is 0. The predicted octanol–water partition coefficient (Wildman–Crippen LogP) is 3.01. The number of ether oxygens (including phenoxy) is 2. The van der Waals surface area contributed by atoms with Crippen LogP contribution in [0.2, 0.25) is 0 Å². The van der Waals surface area contributed by atoms with Gasteiger partial charge in [-0.05, 0) is 36.6 Å². The molecule has 1 atom stereocenters. The zero-order valence-corrected chi connectivity index (χ0v) is 11.8. The standard InChI is InChI=1S/C17H18O4/c18-17(7-1-3-14-13(17)6-10-21-14)12-4-5-15-16(11-12)20-9-2-8-19-15/h4-6,10-11,18H,1-3,7-9H2. The lowest BCUT2D eigenvalue weighted by Gasteiger charge is -2.32. The summed E-state index contributed by atoms with van der Waals surface area (Å²) >= 11 is 0. The van der Waals surface area contributed by atoms with Crippen LogP contribution in [-0.2, 0) is 12.0 Å². The number of aryl methyl sites for hydroxylation is 1. The quantitative estimate of drug-likeness (QED) is 0.875. The Labute approximate surface area is 123 Å². The van der Waals surface area contributed by atoms with Crippen molar-refractivity contribution in [1.29, 1.82) is 0 Å². The Morgan fingerprint density at radius 3 is 2.76 bits per heavy atom. The molecule has 1 aromatic heterocycles. The molecule has 0 bridgehead atoms. The molecule has 1 unspecified atom stereocenters. The molecule has 1 aromatic carbocycles. The van der Waals surface area contributed by atoms with E-state index in [4.69, 9.17) is 13.9 Å². The van der Waals surface area contributed by atoms with Crippen molar-refractivity contribution in [3.8, 4) is 11.5 Å². The van der Waals surface area contributed by atoms with Crippen LogP contribution in [0.15, 0.2) is 34.9 Å². The van der Waals surface area contributed by atoms with Gasteiger partial charge >= 0.3 is 0 Å². The molecule has 2 aliphatic rings. The Kier molecular flexibility index (Phi) is 2.93. The van der Waals surface area contributed by atoms with Gasteiger partial charge in [-0.3, -0.25) is 0 Å². The van der Waals surface area contributed by atoms with Gasteiger partial charge < -0.3 is 19.0 Å². The number of rotatable bonds is 1. The van der Waals surface area contributed by atoms with Gasteiger partial charge in [-0.15, -0.1) is 0 Å². The van der Waals surface area contributed by atoms with Crippen LogP contribution in [0, 0.1) is 0 Å². The Morgan fingerprint density at radius 1 is 1.00 bits per heavy atom. The van der Waals surface area contributed by atoms with Gasteiger partial charge in [0, 0.05) is 18.4 Å². The van der Waals surface area contributed by atoms with Gasteiger partial charge in [0.25, 0.3) is 0 Å². The Hall–Kier alpha value is -1.94. The molecule has 4 rings (SSSR count). The molecular weight excluding hydrogens is 268 g/mol. The van der Waals surface area contributed by atoms with E-state index in [9.17, 15) is 5.11 Å². The molecule has 2 aromatic rings. The van der Waals surface area contributed by atoms with Gasteiger partial charge in [-0.1, -0.05) is 6.07 Å². The molecule has 4 heteroatoms. The molecule has 1 aliphatic carbocycles. The molecule has 0 spiro atoms. The van der Waals surface area contributed by atoms with E-state index in [0.717, 1.165) is 41.9 Å². The fraction of sp³-hybridized carbons (Fsp3) is 0.412. The van der Waals surface area contributed by atoms with Gasteiger partial charge in [-0.2, -0.15) is 0 Å². The van der Waals surface area contributed by atoms with Crippen molar-refractivity contribution in [2.75, 3.05) is 13.2 Å². The molecular formula is C17H18O4. The maximum absolute atomic E-state index is 11.2. The minimum absolute atomic E-state index is 0.645. The van der Waals surface area contributed by atoms with Crippen LogP contribution in [0.4, 0.5) is 0 Å². The first-order chi connectivity index (χ1) is 10.3. The number of fused-ring (bicyclic) bond motifs is 2. The SMILES string of the molecule is OC1(c2ccc3c(c2)OCCCO3)CCCc2occc21. The molecule has 4 nitrogen and oxygen atoms in total. The molecule has 0 saturated carbocycles. The lowest BCUT2D eigenvalue weighted by molar-refractivity contribution is 0.0586. The van der Waals surface area contributed by atoms with Crippen LogP contribution in [0.5, 0.6) is 11.5 Å². The van der Waals surface area contributed by atoms with E-state index in [-0.39, 0.29) is 0 Å². The fourth-order valence-corrected chi connectivity index (χ4v) is 3.26. The van der Waals surface area contributed by atoms with Crippen LogP contribution in [0.25, 0.3) is 0 Å². The summed E-state index contributed by atoms with van der Waals surface area (Å²) in [6, 6.07) is 7.60. The number of aliphatic hydroxyl groups is 1. The van der Waals surface area contributed by atoms with Crippen LogP contribution in [0.1, 0.15) is 36.1 Å². The lowest BCUT2D eigenvalue weighted by Crippen LogP contribution is -2.31. The topological polar surface area (TPSA) is 51.8 Å². The molecule has 1 N–H and O–H groups in total. The number of hydrogen-bond donors (Lipinski definition) is 1. The van der Waals surface area contributed by atoms with Gasteiger partial charge in [0.1, 0.15) is 11.4 Å². The van der Waals surface area contributed by atoms with Gasteiger partial charge in [0.05, 0.1) is 19.5 Å². The zero-order chi connectivity index (χ0) is 14.3. The lowest BCUT2D eigenvalue weighted by atomic mass is 9.78. The molecule has 2 heterocycles. The van der Waals surface area contributed by atoms with Crippen molar-refractivity contribution in [3.05, 3.63) is 47.4 Å². The summed E-state index contributed by atoms with van der Waals surface area (Å²) in [5.41, 5.74) is 0.725. The monoisotopic (exact) mass is 286 g/mol. The van der Waals surface area contributed by atoms with Crippen LogP contribution in [0.3, 0.4) is 0 Å². The molecule has 0 saturated heterocycles. The van der Waals surface area contributed by atoms with Gasteiger partial charge in [0.15, 0.2) is 11.5 Å². The summed E-state index contributed by atoms with van der Waals surface area (Å²) in [5, 5.41) is 11.2. The Morgan fingerprint density at radius 2 is 1.86 bits per heavy atom. The van der Waals surface area contributed by atoms with Gasteiger partial charge in [0.2, 0.25) is 0 Å². The first-order valence-corrected chi connectivity index (χ1v) is 7.47. The third kappa shape index (κ3) is 2.02. The van der Waals surface area contributed by atoms with Crippen molar-refractivity contribution in [1.82, 2.24) is 0 Å². The van der Waals surface area contributed by atoms with Gasteiger partial charge in [-0.25, -0.2) is 0 Å². The largest absolute Gasteiger partial charge is 0.490 e. The maximum Gasteiger partial charge on any atom is 0.161 e. The molecule has 0 radical (unpaired) electrons. The van der Waals surface area contributed by atoms with Crippen LogP contribution < -0.4 is 9.47 Å². The highest BCUT2D eigenvalue weighted by atomic mass is 16.5. The molecule has 0 amide bonds. The number of benzene rings is 1. The Bertz CT molecular complexity index is 661. The summed E-state index contributed by atoms with van der Waals surface area (Å²) in [5.74, 6) is 2.35. The number of furan rings is 1. The first kappa shape index (κ1) is 12.8. The van der Waals surface area contributed by atoms with E-state index in [1.54, 1.807) is 6.26 Å². The van der Waals surface area contributed by atoms with E-state index in [0.29, 0.717) is 25.4 Å². The molecule has 110 valence electrons. The van der Waals surface area contributed by atoms with Crippen molar-refractivity contribution in [2.45, 2.75) is 31.3 Å². The third-order valence-electron chi connectivity index (χ3n) is 4.36. The summed E-state index contributed by atoms with van der Waals surface area (Å²) in [6.45, 7) is 1.31. The summed E-state index contributed by atoms with van der Waals surface area (Å²) in [4.78, 5) is 0. The van der Waals surface area contributed by atoms with Crippen LogP contribution >= 0.6 is 0 Å². The highest BCUT2D eigenvalue weighted by molar-refractivity contribution is 5.48. The van der Waals surface area contributed by atoms with Crippen molar-refractivity contribution in [2.24, 2.45) is 0 Å². The third-order valence-corrected chi connectivity index (χ3v) is 4.36. The maximum atomic E-state index is 11.2. The average molecular weight is 286 g/mol. The second-order valence-electron chi connectivity index (χ2n) is 5.68. The smallest absolute Gasteiger partial charge is 0.161 e. The Balaban J connectivity index is 1.79. The van der Waals surface area contributed by atoms with Crippen molar-refractivity contribution >= 4 is 0 Å². The van der Waals surface area contributed by atoms with Crippen molar-refractivity contribution in [3.63, 3.8) is 0 Å². The first-order valence-electron chi connectivity index (χ1n) is 7.47. The normalized spacial score (nSPS) is 24.2. The van der Waals surface area contributed by atoms with E-state index in [2.05, 4.69) is 0 Å². The molecule has 1 aliphatic heterocycles. The minimum atomic E-state index is -0.995. The van der Waals surface area contributed by atoms with Crippen molar-refractivity contribution < 1.29 is 19.0 Å². The average Bonchev–Trinajstić information content (AvgIpc) is 2.86.